The first-order valence-corrected chi connectivity index (χ1v) is 9.06. The highest BCUT2D eigenvalue weighted by Crippen LogP contribution is 2.46. The topological polar surface area (TPSA) is 16.4 Å². The third-order valence-corrected chi connectivity index (χ3v) is 5.75. The van der Waals surface area contributed by atoms with Crippen molar-refractivity contribution >= 4 is 17.4 Å². The molecular formula is C20H17F2NOS. The van der Waals surface area contributed by atoms with Crippen molar-refractivity contribution in [1.82, 2.24) is 0 Å². The SMILES string of the molecule is Fc1ccc(C2CCN(Cc3ccco3)c3ccccc3S2)c(F)c1. The summed E-state index contributed by atoms with van der Waals surface area (Å²) in [5.41, 5.74) is 1.68. The van der Waals surface area contributed by atoms with Crippen molar-refractivity contribution in [2.75, 3.05) is 11.4 Å². The van der Waals surface area contributed by atoms with E-state index >= 15 is 0 Å². The highest BCUT2D eigenvalue weighted by atomic mass is 32.2. The van der Waals surface area contributed by atoms with Crippen LogP contribution in [-0.4, -0.2) is 6.54 Å². The largest absolute Gasteiger partial charge is 0.467 e. The summed E-state index contributed by atoms with van der Waals surface area (Å²) in [5, 5.41) is -0.0525. The normalized spacial score (nSPS) is 17.2. The van der Waals surface area contributed by atoms with Gasteiger partial charge in [-0.3, -0.25) is 0 Å². The Kier molecular flexibility index (Phi) is 4.49. The Balaban J connectivity index is 1.66. The van der Waals surface area contributed by atoms with E-state index in [2.05, 4.69) is 17.0 Å². The van der Waals surface area contributed by atoms with Gasteiger partial charge in [0, 0.05) is 28.3 Å². The fraction of sp³-hybridized carbons (Fsp3) is 0.200. The summed E-state index contributed by atoms with van der Waals surface area (Å²) in [7, 11) is 0. The second kappa shape index (κ2) is 6.92. The summed E-state index contributed by atoms with van der Waals surface area (Å²) in [4.78, 5) is 3.35. The molecule has 2 aromatic carbocycles. The number of nitrogens with zero attached hydrogens (tertiary/aromatic N) is 1. The van der Waals surface area contributed by atoms with Gasteiger partial charge in [-0.1, -0.05) is 18.2 Å². The van der Waals surface area contributed by atoms with Gasteiger partial charge in [-0.25, -0.2) is 8.78 Å². The van der Waals surface area contributed by atoms with Crippen LogP contribution in [0.3, 0.4) is 0 Å². The lowest BCUT2D eigenvalue weighted by atomic mass is 10.1. The van der Waals surface area contributed by atoms with Gasteiger partial charge in [-0.05, 0) is 36.8 Å². The molecule has 1 atom stereocenters. The summed E-state index contributed by atoms with van der Waals surface area (Å²) in [6.07, 6.45) is 2.44. The van der Waals surface area contributed by atoms with E-state index in [0.29, 0.717) is 12.1 Å². The predicted octanol–water partition coefficient (Wildman–Crippen LogP) is 5.80. The van der Waals surface area contributed by atoms with Crippen molar-refractivity contribution in [3.05, 3.63) is 83.8 Å². The first kappa shape index (κ1) is 16.2. The highest BCUT2D eigenvalue weighted by Gasteiger charge is 2.25. The molecule has 1 aromatic heterocycles. The molecule has 0 aliphatic carbocycles. The molecule has 5 heteroatoms. The van der Waals surface area contributed by atoms with Crippen LogP contribution in [0.5, 0.6) is 0 Å². The molecule has 4 rings (SSSR count). The van der Waals surface area contributed by atoms with Crippen LogP contribution in [0, 0.1) is 11.6 Å². The predicted molar refractivity (Wildman–Crippen MR) is 95.8 cm³/mol. The van der Waals surface area contributed by atoms with E-state index in [9.17, 15) is 8.78 Å². The van der Waals surface area contributed by atoms with Gasteiger partial charge >= 0.3 is 0 Å². The molecule has 3 aromatic rings. The average Bonchev–Trinajstić information content (AvgIpc) is 3.04. The Hall–Kier alpha value is -2.27. The lowest BCUT2D eigenvalue weighted by Gasteiger charge is -2.23. The minimum Gasteiger partial charge on any atom is -0.467 e. The average molecular weight is 357 g/mol. The number of halogens is 2. The van der Waals surface area contributed by atoms with Gasteiger partial charge in [0.1, 0.15) is 17.4 Å². The zero-order valence-electron chi connectivity index (χ0n) is 13.5. The van der Waals surface area contributed by atoms with Gasteiger partial charge in [0.2, 0.25) is 0 Å². The summed E-state index contributed by atoms with van der Waals surface area (Å²) < 4.78 is 33.0. The van der Waals surface area contributed by atoms with Gasteiger partial charge in [0.05, 0.1) is 18.5 Å². The quantitative estimate of drug-likeness (QED) is 0.589. The molecule has 0 saturated heterocycles. The summed E-state index contributed by atoms with van der Waals surface area (Å²) in [5.74, 6) is -0.125. The molecule has 1 aliphatic heterocycles. The van der Waals surface area contributed by atoms with Crippen molar-refractivity contribution < 1.29 is 13.2 Å². The Morgan fingerprint density at radius 3 is 2.76 bits per heavy atom. The Bertz CT molecular complexity index is 866. The zero-order valence-corrected chi connectivity index (χ0v) is 14.3. The van der Waals surface area contributed by atoms with Gasteiger partial charge in [-0.2, -0.15) is 0 Å². The molecule has 1 unspecified atom stereocenters. The van der Waals surface area contributed by atoms with E-state index in [1.165, 1.54) is 6.07 Å². The molecule has 25 heavy (non-hydrogen) atoms. The molecule has 2 heterocycles. The monoisotopic (exact) mass is 357 g/mol. The molecular weight excluding hydrogens is 340 g/mol. The van der Waals surface area contributed by atoms with Gasteiger partial charge in [0.15, 0.2) is 0 Å². The van der Waals surface area contributed by atoms with Crippen molar-refractivity contribution in [3.63, 3.8) is 0 Å². The van der Waals surface area contributed by atoms with Crippen LogP contribution in [0.1, 0.15) is 23.0 Å². The zero-order chi connectivity index (χ0) is 17.2. The van der Waals surface area contributed by atoms with E-state index in [-0.39, 0.29) is 5.25 Å². The molecule has 2 nitrogen and oxygen atoms in total. The Morgan fingerprint density at radius 2 is 1.96 bits per heavy atom. The van der Waals surface area contributed by atoms with Crippen LogP contribution in [-0.2, 0) is 6.54 Å². The van der Waals surface area contributed by atoms with Crippen LogP contribution in [0.15, 0.2) is 70.2 Å². The number of hydrogen-bond donors (Lipinski definition) is 0. The second-order valence-electron chi connectivity index (χ2n) is 6.03. The maximum absolute atomic E-state index is 14.3. The fourth-order valence-electron chi connectivity index (χ4n) is 3.16. The Morgan fingerprint density at radius 1 is 1.08 bits per heavy atom. The van der Waals surface area contributed by atoms with Crippen molar-refractivity contribution in [2.45, 2.75) is 23.1 Å². The van der Waals surface area contributed by atoms with Crippen LogP contribution >= 0.6 is 11.8 Å². The number of benzene rings is 2. The summed E-state index contributed by atoms with van der Waals surface area (Å²) in [6.45, 7) is 1.44. The van der Waals surface area contributed by atoms with Crippen molar-refractivity contribution in [2.24, 2.45) is 0 Å². The number of para-hydroxylation sites is 1. The highest BCUT2D eigenvalue weighted by molar-refractivity contribution is 7.99. The van der Waals surface area contributed by atoms with Crippen LogP contribution < -0.4 is 4.90 Å². The summed E-state index contributed by atoms with van der Waals surface area (Å²) in [6, 6.07) is 15.8. The maximum atomic E-state index is 14.3. The van der Waals surface area contributed by atoms with Crippen LogP contribution in [0.4, 0.5) is 14.5 Å². The molecule has 0 spiro atoms. The molecule has 0 bridgehead atoms. The van der Waals surface area contributed by atoms with Crippen molar-refractivity contribution in [3.8, 4) is 0 Å². The first-order chi connectivity index (χ1) is 12.2. The standard InChI is InChI=1S/C20H17F2NOS/c21-14-7-8-16(17(22)12-14)19-9-10-23(13-15-4-3-11-24-15)18-5-1-2-6-20(18)25-19/h1-8,11-12,19H,9-10,13H2. The third kappa shape index (κ3) is 3.42. The minimum atomic E-state index is -0.542. The lowest BCUT2D eigenvalue weighted by Crippen LogP contribution is -2.23. The Labute approximate surface area is 149 Å². The molecule has 0 N–H and O–H groups in total. The minimum absolute atomic E-state index is 0.0525. The van der Waals surface area contributed by atoms with Gasteiger partial charge < -0.3 is 9.32 Å². The van der Waals surface area contributed by atoms with Crippen LogP contribution in [0.2, 0.25) is 0 Å². The molecule has 1 aliphatic rings. The van der Waals surface area contributed by atoms with Crippen molar-refractivity contribution in [1.29, 1.82) is 0 Å². The van der Waals surface area contributed by atoms with Gasteiger partial charge in [-0.15, -0.1) is 11.8 Å². The molecule has 0 radical (unpaired) electrons. The lowest BCUT2D eigenvalue weighted by molar-refractivity contribution is 0.499. The van der Waals surface area contributed by atoms with E-state index in [1.54, 1.807) is 24.1 Å². The second-order valence-corrected chi connectivity index (χ2v) is 7.27. The number of furan rings is 1. The molecule has 0 amide bonds. The molecule has 0 saturated carbocycles. The van der Waals surface area contributed by atoms with Crippen LogP contribution in [0.25, 0.3) is 0 Å². The smallest absolute Gasteiger partial charge is 0.130 e. The van der Waals surface area contributed by atoms with Gasteiger partial charge in [0.25, 0.3) is 0 Å². The van der Waals surface area contributed by atoms with E-state index < -0.39 is 11.6 Å². The third-order valence-electron chi connectivity index (χ3n) is 4.37. The van der Waals surface area contributed by atoms with E-state index in [0.717, 1.165) is 35.4 Å². The number of anilines is 1. The molecule has 128 valence electrons. The van der Waals surface area contributed by atoms with E-state index in [4.69, 9.17) is 4.42 Å². The summed E-state index contributed by atoms with van der Waals surface area (Å²) >= 11 is 1.63. The number of thioether (sulfide) groups is 1. The maximum Gasteiger partial charge on any atom is 0.130 e. The number of fused-ring (bicyclic) bond motifs is 1. The number of rotatable bonds is 3. The molecule has 0 fully saturated rings. The van der Waals surface area contributed by atoms with E-state index in [1.807, 2.05) is 24.3 Å². The first-order valence-electron chi connectivity index (χ1n) is 8.18. The number of hydrogen-bond acceptors (Lipinski definition) is 3. The fourth-order valence-corrected chi connectivity index (χ4v) is 4.48.